The highest BCUT2D eigenvalue weighted by atomic mass is 32.1. The molecule has 0 aliphatic heterocycles. The zero-order valence-electron chi connectivity index (χ0n) is 12.2. The van der Waals surface area contributed by atoms with E-state index in [0.717, 1.165) is 27.4 Å². The van der Waals surface area contributed by atoms with Crippen LogP contribution in [0.25, 0.3) is 10.2 Å². The van der Waals surface area contributed by atoms with Gasteiger partial charge in [0, 0.05) is 6.04 Å². The maximum Gasteiger partial charge on any atom is 0.307 e. The van der Waals surface area contributed by atoms with Gasteiger partial charge in [0.05, 0.1) is 18.4 Å². The van der Waals surface area contributed by atoms with Crippen molar-refractivity contribution in [2.45, 2.75) is 40.2 Å². The first-order valence-corrected chi connectivity index (χ1v) is 7.53. The zero-order chi connectivity index (χ0) is 14.7. The Labute approximate surface area is 122 Å². The largest absolute Gasteiger partial charge is 0.466 e. The van der Waals surface area contributed by atoms with E-state index in [1.807, 2.05) is 27.7 Å². The third kappa shape index (κ3) is 3.25. The van der Waals surface area contributed by atoms with Gasteiger partial charge in [0.25, 0.3) is 0 Å². The van der Waals surface area contributed by atoms with Gasteiger partial charge in [-0.1, -0.05) is 0 Å². The highest BCUT2D eigenvalue weighted by Gasteiger charge is 2.15. The van der Waals surface area contributed by atoms with Crippen molar-refractivity contribution in [2.24, 2.45) is 0 Å². The summed E-state index contributed by atoms with van der Waals surface area (Å²) in [6, 6.07) is -0.0363. The van der Waals surface area contributed by atoms with Crippen molar-refractivity contribution in [3.63, 3.8) is 0 Å². The van der Waals surface area contributed by atoms with Crippen LogP contribution in [0.15, 0.2) is 5.38 Å². The van der Waals surface area contributed by atoms with Crippen LogP contribution in [0.1, 0.15) is 31.7 Å². The topological polar surface area (TPSA) is 64.1 Å². The molecule has 0 saturated heterocycles. The van der Waals surface area contributed by atoms with Gasteiger partial charge in [-0.3, -0.25) is 4.79 Å². The van der Waals surface area contributed by atoms with Crippen LogP contribution in [0, 0.1) is 13.8 Å². The first-order valence-electron chi connectivity index (χ1n) is 6.65. The summed E-state index contributed by atoms with van der Waals surface area (Å²) in [5.74, 6) is 1.32. The molecule has 0 saturated carbocycles. The number of carbonyl (C=O) groups is 1. The Morgan fingerprint density at radius 3 is 2.90 bits per heavy atom. The summed E-state index contributed by atoms with van der Waals surface area (Å²) >= 11 is 1.61. The van der Waals surface area contributed by atoms with E-state index >= 15 is 0 Å². The van der Waals surface area contributed by atoms with Gasteiger partial charge in [0.1, 0.15) is 16.5 Å². The lowest BCUT2D eigenvalue weighted by molar-refractivity contribution is -0.143. The van der Waals surface area contributed by atoms with E-state index in [1.165, 1.54) is 0 Å². The van der Waals surface area contributed by atoms with Crippen molar-refractivity contribution in [1.82, 2.24) is 9.97 Å². The molecule has 1 atom stereocenters. The number of nitrogens with zero attached hydrogens (tertiary/aromatic N) is 2. The van der Waals surface area contributed by atoms with Crippen molar-refractivity contribution >= 4 is 33.3 Å². The Kier molecular flexibility index (Phi) is 4.54. The number of aryl methyl sites for hydroxylation is 2. The number of hydrogen-bond donors (Lipinski definition) is 1. The maximum absolute atomic E-state index is 11.5. The molecule has 0 spiro atoms. The van der Waals surface area contributed by atoms with Gasteiger partial charge < -0.3 is 10.1 Å². The van der Waals surface area contributed by atoms with E-state index in [-0.39, 0.29) is 12.0 Å². The SMILES string of the molecule is CCOC(=O)CC(C)Nc1nc(C)nc2scc(C)c12. The maximum atomic E-state index is 11.5. The molecule has 0 fully saturated rings. The van der Waals surface area contributed by atoms with E-state index in [4.69, 9.17) is 4.74 Å². The predicted octanol–water partition coefficient (Wildman–Crippen LogP) is 3.06. The van der Waals surface area contributed by atoms with Crippen LogP contribution in [-0.2, 0) is 9.53 Å². The summed E-state index contributed by atoms with van der Waals surface area (Å²) in [5.41, 5.74) is 1.15. The van der Waals surface area contributed by atoms with E-state index in [9.17, 15) is 4.79 Å². The summed E-state index contributed by atoms with van der Waals surface area (Å²) < 4.78 is 4.96. The molecular formula is C14H19N3O2S. The van der Waals surface area contributed by atoms with Crippen LogP contribution in [-0.4, -0.2) is 28.6 Å². The van der Waals surface area contributed by atoms with E-state index < -0.39 is 0 Å². The highest BCUT2D eigenvalue weighted by Crippen LogP contribution is 2.29. The molecule has 0 radical (unpaired) electrons. The van der Waals surface area contributed by atoms with Gasteiger partial charge in [-0.2, -0.15) is 0 Å². The Bertz CT molecular complexity index is 624. The monoisotopic (exact) mass is 293 g/mol. The molecule has 6 heteroatoms. The summed E-state index contributed by atoms with van der Waals surface area (Å²) in [4.78, 5) is 21.4. The molecule has 2 heterocycles. The Morgan fingerprint density at radius 1 is 1.45 bits per heavy atom. The average molecular weight is 293 g/mol. The third-order valence-corrected chi connectivity index (χ3v) is 3.88. The minimum Gasteiger partial charge on any atom is -0.466 e. The van der Waals surface area contributed by atoms with Crippen LogP contribution < -0.4 is 5.32 Å². The van der Waals surface area contributed by atoms with Crippen molar-refractivity contribution in [2.75, 3.05) is 11.9 Å². The number of ether oxygens (including phenoxy) is 1. The molecule has 108 valence electrons. The number of esters is 1. The second kappa shape index (κ2) is 6.17. The third-order valence-electron chi connectivity index (χ3n) is 2.89. The summed E-state index contributed by atoms with van der Waals surface area (Å²) in [7, 11) is 0. The van der Waals surface area contributed by atoms with E-state index in [2.05, 4.69) is 20.7 Å². The Balaban J connectivity index is 2.20. The van der Waals surface area contributed by atoms with E-state index in [1.54, 1.807) is 11.3 Å². The number of fused-ring (bicyclic) bond motifs is 1. The molecule has 0 aliphatic carbocycles. The van der Waals surface area contributed by atoms with Gasteiger partial charge >= 0.3 is 5.97 Å². The average Bonchev–Trinajstić information content (AvgIpc) is 2.70. The molecule has 2 aromatic heterocycles. The first kappa shape index (κ1) is 14.7. The molecule has 2 aromatic rings. The van der Waals surface area contributed by atoms with Crippen LogP contribution in [0.2, 0.25) is 0 Å². The smallest absolute Gasteiger partial charge is 0.307 e. The summed E-state index contributed by atoms with van der Waals surface area (Å²) in [6.07, 6.45) is 0.321. The molecule has 5 nitrogen and oxygen atoms in total. The second-order valence-electron chi connectivity index (χ2n) is 4.77. The second-order valence-corrected chi connectivity index (χ2v) is 5.63. The van der Waals surface area contributed by atoms with Crippen LogP contribution in [0.4, 0.5) is 5.82 Å². The van der Waals surface area contributed by atoms with Crippen LogP contribution in [0.3, 0.4) is 0 Å². The van der Waals surface area contributed by atoms with Crippen LogP contribution in [0.5, 0.6) is 0 Å². The highest BCUT2D eigenvalue weighted by molar-refractivity contribution is 7.17. The number of thiophene rings is 1. The normalized spacial score (nSPS) is 12.4. The first-order chi connectivity index (χ1) is 9.51. The number of aromatic nitrogens is 2. The lowest BCUT2D eigenvalue weighted by Gasteiger charge is -2.15. The van der Waals surface area contributed by atoms with Gasteiger partial charge in [-0.05, 0) is 38.6 Å². The minimum absolute atomic E-state index is 0.0363. The van der Waals surface area contributed by atoms with Crippen molar-refractivity contribution in [1.29, 1.82) is 0 Å². The molecule has 20 heavy (non-hydrogen) atoms. The molecule has 0 bridgehead atoms. The molecule has 0 amide bonds. The summed E-state index contributed by atoms with van der Waals surface area (Å²) in [5, 5.41) is 6.40. The standard InChI is InChI=1S/C14H19N3O2S/c1-5-19-11(18)6-9(3)15-13-12-8(2)7-20-14(12)17-10(4)16-13/h7,9H,5-6H2,1-4H3,(H,15,16,17). The van der Waals surface area contributed by atoms with Gasteiger partial charge in [-0.25, -0.2) is 9.97 Å². The quantitative estimate of drug-likeness (QED) is 0.858. The van der Waals surface area contributed by atoms with Gasteiger partial charge in [0.2, 0.25) is 0 Å². The molecule has 1 unspecified atom stereocenters. The predicted molar refractivity (Wildman–Crippen MR) is 81.2 cm³/mol. The summed E-state index contributed by atoms with van der Waals surface area (Å²) in [6.45, 7) is 8.07. The number of carbonyl (C=O) groups excluding carboxylic acids is 1. The molecule has 0 aliphatic rings. The molecule has 2 rings (SSSR count). The number of nitrogens with one attached hydrogen (secondary N) is 1. The molecule has 0 aromatic carbocycles. The number of rotatable bonds is 5. The van der Waals surface area contributed by atoms with Gasteiger partial charge in [-0.15, -0.1) is 11.3 Å². The lowest BCUT2D eigenvalue weighted by atomic mass is 10.2. The Hall–Kier alpha value is -1.69. The van der Waals surface area contributed by atoms with E-state index in [0.29, 0.717) is 13.0 Å². The van der Waals surface area contributed by atoms with Crippen molar-refractivity contribution in [3.05, 3.63) is 16.8 Å². The van der Waals surface area contributed by atoms with Crippen molar-refractivity contribution < 1.29 is 9.53 Å². The zero-order valence-corrected chi connectivity index (χ0v) is 13.0. The fraction of sp³-hybridized carbons (Fsp3) is 0.500. The Morgan fingerprint density at radius 2 is 2.20 bits per heavy atom. The molecule has 1 N–H and O–H groups in total. The van der Waals surface area contributed by atoms with Crippen LogP contribution >= 0.6 is 11.3 Å². The fourth-order valence-electron chi connectivity index (χ4n) is 2.05. The number of anilines is 1. The van der Waals surface area contributed by atoms with Crippen molar-refractivity contribution in [3.8, 4) is 0 Å². The minimum atomic E-state index is -0.198. The lowest BCUT2D eigenvalue weighted by Crippen LogP contribution is -2.22. The fourth-order valence-corrected chi connectivity index (χ4v) is 3.02. The van der Waals surface area contributed by atoms with Gasteiger partial charge in [0.15, 0.2) is 0 Å². The number of hydrogen-bond acceptors (Lipinski definition) is 6. The molecular weight excluding hydrogens is 274 g/mol.